The van der Waals surface area contributed by atoms with Crippen LogP contribution >= 0.6 is 23.8 Å². The van der Waals surface area contributed by atoms with Crippen molar-refractivity contribution < 1.29 is 4.79 Å². The summed E-state index contributed by atoms with van der Waals surface area (Å²) in [5, 5.41) is 16.0. The molecule has 0 unspecified atom stereocenters. The van der Waals surface area contributed by atoms with E-state index in [0.717, 1.165) is 42.5 Å². The summed E-state index contributed by atoms with van der Waals surface area (Å²) in [7, 11) is 0. The van der Waals surface area contributed by atoms with Gasteiger partial charge >= 0.3 is 0 Å². The highest BCUT2D eigenvalue weighted by atomic mass is 35.5. The number of hydrogen-bond donors (Lipinski definition) is 2. The Morgan fingerprint density at radius 1 is 1.19 bits per heavy atom. The van der Waals surface area contributed by atoms with Crippen LogP contribution in [-0.4, -0.2) is 11.0 Å². The third kappa shape index (κ3) is 4.29. The molecular formula is C21H20ClN3OS. The van der Waals surface area contributed by atoms with E-state index in [-0.39, 0.29) is 16.4 Å². The largest absolute Gasteiger partial charge is 0.332 e. The molecule has 1 amide bonds. The molecular weight excluding hydrogens is 378 g/mol. The lowest BCUT2D eigenvalue weighted by Gasteiger charge is -2.21. The van der Waals surface area contributed by atoms with Crippen LogP contribution in [0, 0.1) is 18.3 Å². The normalized spacial score (nSPS) is 15.0. The first-order valence-corrected chi connectivity index (χ1v) is 9.62. The zero-order valence-electron chi connectivity index (χ0n) is 15.0. The van der Waals surface area contributed by atoms with Crippen molar-refractivity contribution in [3.63, 3.8) is 0 Å². The van der Waals surface area contributed by atoms with E-state index < -0.39 is 0 Å². The molecule has 1 aliphatic carbocycles. The van der Waals surface area contributed by atoms with Gasteiger partial charge in [-0.05, 0) is 67.4 Å². The molecule has 0 bridgehead atoms. The van der Waals surface area contributed by atoms with Crippen LogP contribution in [0.5, 0.6) is 0 Å². The van der Waals surface area contributed by atoms with E-state index in [4.69, 9.17) is 23.8 Å². The van der Waals surface area contributed by atoms with E-state index in [1.165, 1.54) is 0 Å². The van der Waals surface area contributed by atoms with Gasteiger partial charge in [-0.25, -0.2) is 0 Å². The third-order valence-corrected chi connectivity index (χ3v) is 5.64. The second kappa shape index (κ2) is 8.08. The Kier molecular flexibility index (Phi) is 5.79. The molecule has 2 aromatic carbocycles. The molecule has 4 nitrogen and oxygen atoms in total. The number of benzene rings is 2. The van der Waals surface area contributed by atoms with Gasteiger partial charge in [0.05, 0.1) is 11.5 Å². The SMILES string of the molecule is Cc1ccc(C(=O)NC(=S)Nc2ccc(C3(C#N)CCCC3)cc2)cc1Cl. The van der Waals surface area contributed by atoms with Gasteiger partial charge in [-0.3, -0.25) is 10.1 Å². The average Bonchev–Trinajstić information content (AvgIpc) is 3.14. The van der Waals surface area contributed by atoms with Gasteiger partial charge in [0.2, 0.25) is 0 Å². The molecule has 1 fully saturated rings. The van der Waals surface area contributed by atoms with Crippen molar-refractivity contribution in [3.8, 4) is 6.07 Å². The van der Waals surface area contributed by atoms with Crippen molar-refractivity contribution >= 4 is 40.5 Å². The van der Waals surface area contributed by atoms with E-state index >= 15 is 0 Å². The van der Waals surface area contributed by atoms with E-state index in [2.05, 4.69) is 16.7 Å². The third-order valence-electron chi connectivity index (χ3n) is 5.03. The van der Waals surface area contributed by atoms with Crippen LogP contribution in [0.1, 0.15) is 47.2 Å². The number of aryl methyl sites for hydroxylation is 1. The number of anilines is 1. The second-order valence-electron chi connectivity index (χ2n) is 6.85. The topological polar surface area (TPSA) is 64.9 Å². The molecule has 0 spiro atoms. The molecule has 138 valence electrons. The molecule has 0 aromatic heterocycles. The summed E-state index contributed by atoms with van der Waals surface area (Å²) in [6.45, 7) is 1.88. The highest BCUT2D eigenvalue weighted by Crippen LogP contribution is 2.40. The number of rotatable bonds is 3. The molecule has 6 heteroatoms. The highest BCUT2D eigenvalue weighted by molar-refractivity contribution is 7.80. The first-order valence-electron chi connectivity index (χ1n) is 8.84. The molecule has 1 saturated carbocycles. The fourth-order valence-electron chi connectivity index (χ4n) is 3.39. The molecule has 0 heterocycles. The zero-order valence-corrected chi connectivity index (χ0v) is 16.6. The van der Waals surface area contributed by atoms with Crippen LogP contribution in [0.15, 0.2) is 42.5 Å². The van der Waals surface area contributed by atoms with Gasteiger partial charge in [0, 0.05) is 16.3 Å². The van der Waals surface area contributed by atoms with E-state index in [1.807, 2.05) is 31.2 Å². The number of nitrogens with one attached hydrogen (secondary N) is 2. The Bertz CT molecular complexity index is 912. The maximum atomic E-state index is 12.3. The number of halogens is 1. The number of carbonyl (C=O) groups excluding carboxylic acids is 1. The van der Waals surface area contributed by atoms with E-state index in [9.17, 15) is 10.1 Å². The maximum absolute atomic E-state index is 12.3. The fraction of sp³-hybridized carbons (Fsp3) is 0.286. The molecule has 2 N–H and O–H groups in total. The van der Waals surface area contributed by atoms with E-state index in [0.29, 0.717) is 10.6 Å². The lowest BCUT2D eigenvalue weighted by molar-refractivity contribution is 0.0977. The number of nitriles is 1. The molecule has 1 aliphatic rings. The molecule has 0 aliphatic heterocycles. The summed E-state index contributed by atoms with van der Waals surface area (Å²) < 4.78 is 0. The summed E-state index contributed by atoms with van der Waals surface area (Å²) in [5.74, 6) is -0.319. The smallest absolute Gasteiger partial charge is 0.257 e. The lowest BCUT2D eigenvalue weighted by Crippen LogP contribution is -2.34. The number of amides is 1. The minimum absolute atomic E-state index is 0.209. The maximum Gasteiger partial charge on any atom is 0.257 e. The van der Waals surface area contributed by atoms with Crippen LogP contribution in [-0.2, 0) is 5.41 Å². The predicted molar refractivity (Wildman–Crippen MR) is 112 cm³/mol. The molecule has 0 saturated heterocycles. The van der Waals surface area contributed by atoms with Crippen LogP contribution in [0.2, 0.25) is 5.02 Å². The summed E-state index contributed by atoms with van der Waals surface area (Å²) >= 11 is 11.3. The van der Waals surface area contributed by atoms with Crippen molar-refractivity contribution in [1.82, 2.24) is 5.32 Å². The minimum Gasteiger partial charge on any atom is -0.332 e. The molecule has 27 heavy (non-hydrogen) atoms. The predicted octanol–water partition coefficient (Wildman–Crippen LogP) is 5.11. The van der Waals surface area contributed by atoms with Gasteiger partial charge in [-0.1, -0.05) is 42.6 Å². The van der Waals surface area contributed by atoms with Crippen molar-refractivity contribution in [2.45, 2.75) is 38.0 Å². The van der Waals surface area contributed by atoms with Gasteiger partial charge in [0.1, 0.15) is 0 Å². The Hall–Kier alpha value is -2.42. The lowest BCUT2D eigenvalue weighted by atomic mass is 9.80. The number of thiocarbonyl (C=S) groups is 1. The van der Waals surface area contributed by atoms with Gasteiger partial charge in [0.15, 0.2) is 5.11 Å². The van der Waals surface area contributed by atoms with Crippen molar-refractivity contribution in [2.75, 3.05) is 5.32 Å². The van der Waals surface area contributed by atoms with Gasteiger partial charge in [0.25, 0.3) is 5.91 Å². The quantitative estimate of drug-likeness (QED) is 0.706. The van der Waals surface area contributed by atoms with E-state index in [1.54, 1.807) is 18.2 Å². The Balaban J connectivity index is 1.63. The summed E-state index contributed by atoms with van der Waals surface area (Å²) in [6.07, 6.45) is 3.99. The highest BCUT2D eigenvalue weighted by Gasteiger charge is 2.35. The van der Waals surface area contributed by atoms with Gasteiger partial charge in [-0.15, -0.1) is 0 Å². The van der Waals surface area contributed by atoms with Crippen molar-refractivity contribution in [1.29, 1.82) is 5.26 Å². The van der Waals surface area contributed by atoms with Crippen LogP contribution in [0.4, 0.5) is 5.69 Å². The number of carbonyl (C=O) groups is 1. The van der Waals surface area contributed by atoms with Gasteiger partial charge in [-0.2, -0.15) is 5.26 Å². The zero-order chi connectivity index (χ0) is 19.4. The van der Waals surface area contributed by atoms with Crippen LogP contribution in [0.25, 0.3) is 0 Å². The summed E-state index contributed by atoms with van der Waals surface area (Å²) in [4.78, 5) is 12.3. The Labute approximate surface area is 169 Å². The second-order valence-corrected chi connectivity index (χ2v) is 7.67. The van der Waals surface area contributed by atoms with Crippen molar-refractivity contribution in [2.24, 2.45) is 0 Å². The first kappa shape index (κ1) is 19.3. The summed E-state index contributed by atoms with van der Waals surface area (Å²) in [6, 6.07) is 15.3. The standard InChI is InChI=1S/C21H20ClN3OS/c1-14-4-5-15(12-18(14)22)19(26)25-20(27)24-17-8-6-16(7-9-17)21(13-23)10-2-3-11-21/h4-9,12H,2-3,10-11H2,1H3,(H2,24,25,26,27). The molecule has 2 aromatic rings. The van der Waals surface area contributed by atoms with Crippen LogP contribution in [0.3, 0.4) is 0 Å². The Morgan fingerprint density at radius 3 is 2.44 bits per heavy atom. The molecule has 0 atom stereocenters. The number of hydrogen-bond acceptors (Lipinski definition) is 3. The molecule has 3 rings (SSSR count). The minimum atomic E-state index is -0.363. The average molecular weight is 398 g/mol. The Morgan fingerprint density at radius 2 is 1.85 bits per heavy atom. The fourth-order valence-corrected chi connectivity index (χ4v) is 3.78. The summed E-state index contributed by atoms with van der Waals surface area (Å²) in [5.41, 5.74) is 2.79. The first-order chi connectivity index (χ1) is 12.9. The monoisotopic (exact) mass is 397 g/mol. The van der Waals surface area contributed by atoms with Crippen molar-refractivity contribution in [3.05, 3.63) is 64.2 Å². The molecule has 0 radical (unpaired) electrons. The number of nitrogens with zero attached hydrogens (tertiary/aromatic N) is 1. The van der Waals surface area contributed by atoms with Crippen LogP contribution < -0.4 is 10.6 Å². The van der Waals surface area contributed by atoms with Gasteiger partial charge < -0.3 is 5.32 Å².